The van der Waals surface area contributed by atoms with Gasteiger partial charge in [0.15, 0.2) is 6.61 Å². The molecule has 0 spiro atoms. The number of hydrogen-bond donors (Lipinski definition) is 0. The van der Waals surface area contributed by atoms with E-state index in [9.17, 15) is 19.7 Å². The summed E-state index contributed by atoms with van der Waals surface area (Å²) < 4.78 is 15.1. The Hall–Kier alpha value is -3.68. The van der Waals surface area contributed by atoms with E-state index in [0.29, 0.717) is 11.5 Å². The number of para-hydroxylation sites is 1. The maximum Gasteiger partial charge on any atom is 0.331 e. The number of nitro groups is 1. The monoisotopic (exact) mass is 371 g/mol. The fourth-order valence-electron chi connectivity index (χ4n) is 2.25. The summed E-state index contributed by atoms with van der Waals surface area (Å²) in [6.07, 6.45) is 2.29. The largest absolute Gasteiger partial charge is 0.497 e. The van der Waals surface area contributed by atoms with Crippen molar-refractivity contribution in [3.8, 4) is 11.5 Å². The molecule has 27 heavy (non-hydrogen) atoms. The highest BCUT2D eigenvalue weighted by Crippen LogP contribution is 2.24. The van der Waals surface area contributed by atoms with Gasteiger partial charge in [0.2, 0.25) is 5.78 Å². The van der Waals surface area contributed by atoms with E-state index in [1.807, 2.05) is 0 Å². The molecule has 2 rings (SSSR count). The smallest absolute Gasteiger partial charge is 0.331 e. The first-order valence-corrected chi connectivity index (χ1v) is 7.79. The molecular formula is C19H17NO7. The zero-order valence-electron chi connectivity index (χ0n) is 14.7. The van der Waals surface area contributed by atoms with E-state index in [1.165, 1.54) is 44.6 Å². The van der Waals surface area contributed by atoms with E-state index in [0.717, 1.165) is 6.08 Å². The third kappa shape index (κ3) is 5.15. The average molecular weight is 371 g/mol. The van der Waals surface area contributed by atoms with Crippen LogP contribution in [0.25, 0.3) is 6.08 Å². The van der Waals surface area contributed by atoms with E-state index in [-0.39, 0.29) is 16.8 Å². The second-order valence-electron chi connectivity index (χ2n) is 5.25. The average Bonchev–Trinajstić information content (AvgIpc) is 2.69. The number of nitrogens with zero attached hydrogens (tertiary/aromatic N) is 1. The molecule has 0 fully saturated rings. The van der Waals surface area contributed by atoms with Crippen molar-refractivity contribution < 1.29 is 28.7 Å². The standard InChI is InChI=1S/C19H17NO7/c1-25-14-8-9-18(26-2)15(11-14)17(21)12-27-19(22)10-7-13-5-3-4-6-16(13)20(23)24/h3-11H,12H2,1-2H3/b10-7+. The van der Waals surface area contributed by atoms with E-state index < -0.39 is 23.3 Å². The lowest BCUT2D eigenvalue weighted by atomic mass is 10.1. The van der Waals surface area contributed by atoms with Crippen LogP contribution in [0.4, 0.5) is 5.69 Å². The Kier molecular flexibility index (Phi) is 6.65. The van der Waals surface area contributed by atoms with Crippen molar-refractivity contribution >= 4 is 23.5 Å². The third-order valence-corrected chi connectivity index (χ3v) is 3.58. The van der Waals surface area contributed by atoms with Gasteiger partial charge in [-0.3, -0.25) is 14.9 Å². The molecule has 2 aromatic carbocycles. The summed E-state index contributed by atoms with van der Waals surface area (Å²) in [6.45, 7) is -0.510. The molecule has 8 nitrogen and oxygen atoms in total. The second kappa shape index (κ2) is 9.14. The first-order valence-electron chi connectivity index (χ1n) is 7.79. The maximum absolute atomic E-state index is 12.3. The molecule has 0 saturated heterocycles. The van der Waals surface area contributed by atoms with Crippen LogP contribution < -0.4 is 9.47 Å². The number of carbonyl (C=O) groups excluding carboxylic acids is 2. The molecule has 0 aliphatic carbocycles. The van der Waals surface area contributed by atoms with Crippen LogP contribution in [-0.2, 0) is 9.53 Å². The minimum atomic E-state index is -0.802. The lowest BCUT2D eigenvalue weighted by molar-refractivity contribution is -0.385. The van der Waals surface area contributed by atoms with Gasteiger partial charge in [-0.25, -0.2) is 4.79 Å². The van der Waals surface area contributed by atoms with Crippen molar-refractivity contribution in [3.63, 3.8) is 0 Å². The van der Waals surface area contributed by atoms with Crippen molar-refractivity contribution in [2.24, 2.45) is 0 Å². The first kappa shape index (κ1) is 19.6. The fourth-order valence-corrected chi connectivity index (χ4v) is 2.25. The highest BCUT2D eigenvalue weighted by molar-refractivity contribution is 6.01. The molecule has 0 aliphatic heterocycles. The minimum Gasteiger partial charge on any atom is -0.497 e. The summed E-state index contributed by atoms with van der Waals surface area (Å²) in [7, 11) is 2.88. The van der Waals surface area contributed by atoms with Crippen LogP contribution in [0, 0.1) is 10.1 Å². The normalized spacial score (nSPS) is 10.4. The zero-order chi connectivity index (χ0) is 19.8. The summed E-state index contributed by atoms with van der Waals surface area (Å²) in [5.74, 6) is -0.490. The molecule has 0 N–H and O–H groups in total. The molecule has 140 valence electrons. The summed E-state index contributed by atoms with van der Waals surface area (Å²) in [5.41, 5.74) is 0.325. The topological polar surface area (TPSA) is 105 Å². The number of carbonyl (C=O) groups is 2. The number of hydrogen-bond acceptors (Lipinski definition) is 7. The molecular weight excluding hydrogens is 354 g/mol. The van der Waals surface area contributed by atoms with Crippen LogP contribution in [0.5, 0.6) is 11.5 Å². The second-order valence-corrected chi connectivity index (χ2v) is 5.25. The quantitative estimate of drug-likeness (QED) is 0.231. The van der Waals surface area contributed by atoms with E-state index in [1.54, 1.807) is 18.2 Å². The van der Waals surface area contributed by atoms with Gasteiger partial charge in [0.05, 0.1) is 30.3 Å². The molecule has 0 atom stereocenters. The van der Waals surface area contributed by atoms with E-state index in [2.05, 4.69) is 0 Å². The Labute approximate surface area is 155 Å². The summed E-state index contributed by atoms with van der Waals surface area (Å²) >= 11 is 0. The van der Waals surface area contributed by atoms with Crippen molar-refractivity contribution in [3.05, 3.63) is 69.8 Å². The van der Waals surface area contributed by atoms with Crippen molar-refractivity contribution in [1.82, 2.24) is 0 Å². The predicted octanol–water partition coefficient (Wildman–Crippen LogP) is 3.05. The molecule has 0 aliphatic rings. The van der Waals surface area contributed by atoms with Crippen LogP contribution in [-0.4, -0.2) is 37.5 Å². The Morgan fingerprint density at radius 3 is 2.52 bits per heavy atom. The minimum absolute atomic E-state index is 0.140. The zero-order valence-corrected chi connectivity index (χ0v) is 14.7. The van der Waals surface area contributed by atoms with Crippen LogP contribution in [0.15, 0.2) is 48.5 Å². The Balaban J connectivity index is 2.04. The number of ether oxygens (including phenoxy) is 3. The van der Waals surface area contributed by atoms with Crippen molar-refractivity contribution in [2.75, 3.05) is 20.8 Å². The highest BCUT2D eigenvalue weighted by atomic mass is 16.6. The molecule has 0 aromatic heterocycles. The Morgan fingerprint density at radius 1 is 1.11 bits per heavy atom. The van der Waals surface area contributed by atoms with E-state index >= 15 is 0 Å². The highest BCUT2D eigenvalue weighted by Gasteiger charge is 2.15. The maximum atomic E-state index is 12.3. The summed E-state index contributed by atoms with van der Waals surface area (Å²) in [6, 6.07) is 10.6. The summed E-state index contributed by atoms with van der Waals surface area (Å²) in [4.78, 5) is 34.5. The van der Waals surface area contributed by atoms with Gasteiger partial charge < -0.3 is 14.2 Å². The summed E-state index contributed by atoms with van der Waals surface area (Å²) in [5, 5.41) is 10.9. The lowest BCUT2D eigenvalue weighted by Crippen LogP contribution is -2.13. The molecule has 0 amide bonds. The van der Waals surface area contributed by atoms with Gasteiger partial charge in [0.25, 0.3) is 5.69 Å². The molecule has 0 saturated carbocycles. The Morgan fingerprint density at radius 2 is 1.85 bits per heavy atom. The van der Waals surface area contributed by atoms with Gasteiger partial charge in [-0.15, -0.1) is 0 Å². The Bertz CT molecular complexity index is 889. The molecule has 0 unspecified atom stereocenters. The molecule has 8 heteroatoms. The van der Waals surface area contributed by atoms with Gasteiger partial charge in [-0.2, -0.15) is 0 Å². The van der Waals surface area contributed by atoms with Crippen molar-refractivity contribution in [1.29, 1.82) is 0 Å². The van der Waals surface area contributed by atoms with Gasteiger partial charge in [0, 0.05) is 12.1 Å². The van der Waals surface area contributed by atoms with Crippen LogP contribution in [0.3, 0.4) is 0 Å². The number of rotatable bonds is 8. The number of benzene rings is 2. The van der Waals surface area contributed by atoms with E-state index in [4.69, 9.17) is 14.2 Å². The number of ketones is 1. The number of methoxy groups -OCH3 is 2. The van der Waals surface area contributed by atoms with Gasteiger partial charge >= 0.3 is 5.97 Å². The molecule has 0 heterocycles. The molecule has 0 radical (unpaired) electrons. The number of Topliss-reactive ketones (excluding diaryl/α,β-unsaturated/α-hetero) is 1. The molecule has 0 bridgehead atoms. The lowest BCUT2D eigenvalue weighted by Gasteiger charge is -2.09. The number of esters is 1. The van der Waals surface area contributed by atoms with Gasteiger partial charge in [-0.1, -0.05) is 12.1 Å². The van der Waals surface area contributed by atoms with Crippen molar-refractivity contribution in [2.45, 2.75) is 0 Å². The fraction of sp³-hybridized carbons (Fsp3) is 0.158. The SMILES string of the molecule is COc1ccc(OC)c(C(=O)COC(=O)/C=C/c2ccccc2[N+](=O)[O-])c1. The third-order valence-electron chi connectivity index (χ3n) is 3.58. The van der Waals surface area contributed by atoms with Crippen LogP contribution >= 0.6 is 0 Å². The first-order chi connectivity index (χ1) is 13.0. The number of nitro benzene ring substituents is 1. The van der Waals surface area contributed by atoms with Gasteiger partial charge in [-0.05, 0) is 30.3 Å². The molecule has 2 aromatic rings. The predicted molar refractivity (Wildman–Crippen MR) is 97.0 cm³/mol. The van der Waals surface area contributed by atoms with Crippen LogP contribution in [0.2, 0.25) is 0 Å². The van der Waals surface area contributed by atoms with Gasteiger partial charge in [0.1, 0.15) is 11.5 Å². The van der Waals surface area contributed by atoms with Crippen LogP contribution in [0.1, 0.15) is 15.9 Å².